The number of aromatic nitrogens is 3. The predicted molar refractivity (Wildman–Crippen MR) is 88.1 cm³/mol. The van der Waals surface area contributed by atoms with E-state index in [-0.39, 0.29) is 5.91 Å². The molecule has 0 aliphatic carbocycles. The van der Waals surface area contributed by atoms with Crippen molar-refractivity contribution in [1.82, 2.24) is 19.5 Å². The van der Waals surface area contributed by atoms with Crippen molar-refractivity contribution in [2.24, 2.45) is 0 Å². The van der Waals surface area contributed by atoms with Gasteiger partial charge in [-0.3, -0.25) is 4.79 Å². The maximum absolute atomic E-state index is 12.4. The van der Waals surface area contributed by atoms with Crippen LogP contribution in [-0.4, -0.2) is 38.5 Å². The number of nitrogens with zero attached hydrogens (tertiary/aromatic N) is 4. The quantitative estimate of drug-likeness (QED) is 0.785. The highest BCUT2D eigenvalue weighted by Crippen LogP contribution is 2.29. The van der Waals surface area contributed by atoms with Gasteiger partial charge in [0.05, 0.1) is 6.20 Å². The molecule has 0 spiro atoms. The van der Waals surface area contributed by atoms with Crippen molar-refractivity contribution < 1.29 is 4.79 Å². The third-order valence-electron chi connectivity index (χ3n) is 4.42. The lowest BCUT2D eigenvalue weighted by atomic mass is 9.94. The van der Waals surface area contributed by atoms with E-state index in [1.54, 1.807) is 16.9 Å². The van der Waals surface area contributed by atoms with Crippen molar-refractivity contribution in [3.8, 4) is 11.1 Å². The molecule has 1 aromatic carbocycles. The summed E-state index contributed by atoms with van der Waals surface area (Å²) in [4.78, 5) is 18.6. The molecule has 1 aliphatic heterocycles. The maximum atomic E-state index is 12.4. The second-order valence-corrected chi connectivity index (χ2v) is 5.67. The number of amides is 1. The van der Waals surface area contributed by atoms with Gasteiger partial charge in [0, 0.05) is 36.5 Å². The number of nitrogens with two attached hydrogens (primary N) is 1. The van der Waals surface area contributed by atoms with Crippen LogP contribution in [0.25, 0.3) is 16.8 Å². The van der Waals surface area contributed by atoms with E-state index < -0.39 is 0 Å². The largest absolute Gasteiger partial charge is 0.383 e. The number of carbonyl (C=O) groups excluding carboxylic acids is 1. The lowest BCUT2D eigenvalue weighted by Gasteiger charge is -2.27. The fourth-order valence-corrected chi connectivity index (χ4v) is 3.12. The van der Waals surface area contributed by atoms with Crippen molar-refractivity contribution in [3.05, 3.63) is 47.8 Å². The summed E-state index contributed by atoms with van der Waals surface area (Å²) in [7, 11) is 0. The normalized spacial score (nSPS) is 14.3. The molecular formula is C17H17N5O. The fraction of sp³-hybridized carbons (Fsp3) is 0.235. The number of likely N-dealkylation sites (N-methyl/N-ethyl adjacent to an activating group) is 1. The predicted octanol–water partition coefficient (Wildman–Crippen LogP) is 2.00. The highest BCUT2D eigenvalue weighted by atomic mass is 16.2. The van der Waals surface area contributed by atoms with E-state index in [4.69, 9.17) is 5.73 Å². The van der Waals surface area contributed by atoms with Crippen LogP contribution in [-0.2, 0) is 6.42 Å². The van der Waals surface area contributed by atoms with Gasteiger partial charge in [0.2, 0.25) is 0 Å². The number of benzene rings is 1. The Kier molecular flexibility index (Phi) is 3.04. The molecule has 0 fully saturated rings. The van der Waals surface area contributed by atoms with E-state index in [0.29, 0.717) is 5.82 Å². The van der Waals surface area contributed by atoms with Crippen molar-refractivity contribution >= 4 is 17.4 Å². The summed E-state index contributed by atoms with van der Waals surface area (Å²) in [5.41, 5.74) is 10.6. The molecule has 6 heteroatoms. The zero-order valence-corrected chi connectivity index (χ0v) is 12.9. The molecule has 0 radical (unpaired) electrons. The molecule has 4 rings (SSSR count). The van der Waals surface area contributed by atoms with Crippen molar-refractivity contribution in [2.75, 3.05) is 18.8 Å². The smallest absolute Gasteiger partial charge is 0.254 e. The second-order valence-electron chi connectivity index (χ2n) is 5.67. The SMILES string of the molecule is CCN1CCc2cc(-c3cnc4ccnn4c3N)ccc2C1=O. The van der Waals surface area contributed by atoms with Crippen molar-refractivity contribution in [1.29, 1.82) is 0 Å². The Morgan fingerprint density at radius 3 is 2.96 bits per heavy atom. The number of nitrogen functional groups attached to an aromatic ring is 1. The molecular weight excluding hydrogens is 290 g/mol. The third kappa shape index (κ3) is 2.06. The van der Waals surface area contributed by atoms with Gasteiger partial charge < -0.3 is 10.6 Å². The minimum Gasteiger partial charge on any atom is -0.383 e. The first-order chi connectivity index (χ1) is 11.2. The second kappa shape index (κ2) is 5.08. The van der Waals surface area contributed by atoms with E-state index in [0.717, 1.165) is 47.4 Å². The van der Waals surface area contributed by atoms with Gasteiger partial charge in [-0.05, 0) is 30.5 Å². The molecule has 0 saturated carbocycles. The Bertz CT molecular complexity index is 914. The van der Waals surface area contributed by atoms with Crippen LogP contribution in [0.3, 0.4) is 0 Å². The maximum Gasteiger partial charge on any atom is 0.254 e. The highest BCUT2D eigenvalue weighted by molar-refractivity contribution is 5.97. The van der Waals surface area contributed by atoms with E-state index in [9.17, 15) is 4.79 Å². The van der Waals surface area contributed by atoms with Crippen LogP contribution in [0.1, 0.15) is 22.8 Å². The summed E-state index contributed by atoms with van der Waals surface area (Å²) in [6.45, 7) is 3.51. The molecule has 0 saturated heterocycles. The van der Waals surface area contributed by atoms with Gasteiger partial charge in [-0.25, -0.2) is 4.98 Å². The Morgan fingerprint density at radius 2 is 2.13 bits per heavy atom. The lowest BCUT2D eigenvalue weighted by molar-refractivity contribution is 0.0749. The van der Waals surface area contributed by atoms with Crippen LogP contribution in [0.5, 0.6) is 0 Å². The van der Waals surface area contributed by atoms with Gasteiger partial charge in [-0.15, -0.1) is 0 Å². The molecule has 2 aromatic heterocycles. The number of carbonyl (C=O) groups is 1. The molecule has 116 valence electrons. The van der Waals surface area contributed by atoms with E-state index >= 15 is 0 Å². The Labute approximate surface area is 133 Å². The Morgan fingerprint density at radius 1 is 1.26 bits per heavy atom. The van der Waals surface area contributed by atoms with Gasteiger partial charge in [-0.2, -0.15) is 9.61 Å². The fourth-order valence-electron chi connectivity index (χ4n) is 3.12. The van der Waals surface area contributed by atoms with Gasteiger partial charge >= 0.3 is 0 Å². The lowest BCUT2D eigenvalue weighted by Crippen LogP contribution is -2.37. The number of fused-ring (bicyclic) bond motifs is 2. The van der Waals surface area contributed by atoms with Crippen LogP contribution < -0.4 is 5.73 Å². The summed E-state index contributed by atoms with van der Waals surface area (Å²) in [6.07, 6.45) is 4.30. The standard InChI is InChI=1S/C17H17N5O/c1-2-21-8-6-12-9-11(3-4-13(12)17(21)23)14-10-19-15-5-7-20-22(15)16(14)18/h3-5,7,9-10H,2,6,8,18H2,1H3. The highest BCUT2D eigenvalue weighted by Gasteiger charge is 2.23. The van der Waals surface area contributed by atoms with Gasteiger partial charge in [0.1, 0.15) is 5.82 Å². The average molecular weight is 307 g/mol. The first-order valence-corrected chi connectivity index (χ1v) is 7.70. The number of hydrogen-bond acceptors (Lipinski definition) is 4. The van der Waals surface area contributed by atoms with Crippen LogP contribution in [0, 0.1) is 0 Å². The molecule has 0 unspecified atom stereocenters. The van der Waals surface area contributed by atoms with Gasteiger partial charge in [0.25, 0.3) is 5.91 Å². The summed E-state index contributed by atoms with van der Waals surface area (Å²) >= 11 is 0. The Balaban J connectivity index is 1.81. The van der Waals surface area contributed by atoms with E-state index in [2.05, 4.69) is 10.1 Å². The molecule has 1 amide bonds. The first-order valence-electron chi connectivity index (χ1n) is 7.70. The summed E-state index contributed by atoms with van der Waals surface area (Å²) in [6, 6.07) is 7.67. The number of hydrogen-bond donors (Lipinski definition) is 1. The molecule has 3 heterocycles. The van der Waals surface area contributed by atoms with Crippen LogP contribution in [0.2, 0.25) is 0 Å². The molecule has 6 nitrogen and oxygen atoms in total. The minimum absolute atomic E-state index is 0.105. The number of rotatable bonds is 2. The van der Waals surface area contributed by atoms with Crippen molar-refractivity contribution in [2.45, 2.75) is 13.3 Å². The zero-order valence-electron chi connectivity index (χ0n) is 12.9. The topological polar surface area (TPSA) is 76.5 Å². The summed E-state index contributed by atoms with van der Waals surface area (Å²) < 4.78 is 1.62. The zero-order chi connectivity index (χ0) is 16.0. The van der Waals surface area contributed by atoms with Crippen molar-refractivity contribution in [3.63, 3.8) is 0 Å². The van der Waals surface area contributed by atoms with Crippen LogP contribution in [0.4, 0.5) is 5.82 Å². The summed E-state index contributed by atoms with van der Waals surface area (Å²) in [5, 5.41) is 4.19. The minimum atomic E-state index is 0.105. The molecule has 2 N–H and O–H groups in total. The molecule has 3 aromatic rings. The molecule has 1 aliphatic rings. The molecule has 0 bridgehead atoms. The average Bonchev–Trinajstić information content (AvgIpc) is 3.05. The van der Waals surface area contributed by atoms with Crippen LogP contribution in [0.15, 0.2) is 36.7 Å². The summed E-state index contributed by atoms with van der Waals surface area (Å²) in [5.74, 6) is 0.659. The molecule has 0 atom stereocenters. The van der Waals surface area contributed by atoms with Gasteiger partial charge in [-0.1, -0.05) is 12.1 Å². The molecule has 23 heavy (non-hydrogen) atoms. The third-order valence-corrected chi connectivity index (χ3v) is 4.42. The van der Waals surface area contributed by atoms with E-state index in [1.807, 2.05) is 36.1 Å². The Hall–Kier alpha value is -2.89. The van der Waals surface area contributed by atoms with E-state index in [1.165, 1.54) is 0 Å². The first kappa shape index (κ1) is 13.8. The monoisotopic (exact) mass is 307 g/mol. The van der Waals surface area contributed by atoms with Crippen LogP contribution >= 0.6 is 0 Å². The van der Waals surface area contributed by atoms with Gasteiger partial charge in [0.15, 0.2) is 5.65 Å². The number of anilines is 1.